The number of nitrogens with one attached hydrogen (secondary N) is 3. The average Bonchev–Trinajstić information content (AvgIpc) is 3.12. The third kappa shape index (κ3) is 8.04. The number of aliphatic hydroxyl groups excluding tert-OH is 1. The van der Waals surface area contributed by atoms with E-state index in [4.69, 9.17) is 4.74 Å². The summed E-state index contributed by atoms with van der Waals surface area (Å²) < 4.78 is 5.83. The van der Waals surface area contributed by atoms with Crippen molar-refractivity contribution >= 4 is 46.4 Å². The van der Waals surface area contributed by atoms with E-state index in [2.05, 4.69) is 40.7 Å². The van der Waals surface area contributed by atoms with Crippen LogP contribution >= 0.6 is 36.2 Å². The summed E-state index contributed by atoms with van der Waals surface area (Å²) in [7, 11) is 1.70. The van der Waals surface area contributed by atoms with Gasteiger partial charge in [-0.15, -0.1) is 24.8 Å². The van der Waals surface area contributed by atoms with Crippen molar-refractivity contribution in [3.8, 4) is 5.75 Å². The van der Waals surface area contributed by atoms with Crippen LogP contribution in [0.5, 0.6) is 5.75 Å². The second-order valence-corrected chi connectivity index (χ2v) is 8.43. The highest BCUT2D eigenvalue weighted by Gasteiger charge is 2.13. The van der Waals surface area contributed by atoms with Crippen molar-refractivity contribution in [3.05, 3.63) is 62.8 Å². The first-order chi connectivity index (χ1) is 14.5. The molecule has 0 aliphatic rings. The van der Waals surface area contributed by atoms with Gasteiger partial charge in [-0.3, -0.25) is 10.1 Å². The Morgan fingerprint density at radius 2 is 1.91 bits per heavy atom. The average molecular weight is 504 g/mol. The highest BCUT2D eigenvalue weighted by molar-refractivity contribution is 7.16. The monoisotopic (exact) mass is 503 g/mol. The zero-order valence-electron chi connectivity index (χ0n) is 18.1. The van der Waals surface area contributed by atoms with Crippen molar-refractivity contribution in [1.29, 1.82) is 0 Å². The Bertz CT molecular complexity index is 1030. The van der Waals surface area contributed by atoms with Crippen LogP contribution < -0.4 is 15.5 Å². The van der Waals surface area contributed by atoms with Crippen LogP contribution in [0.3, 0.4) is 0 Å². The van der Waals surface area contributed by atoms with E-state index in [9.17, 15) is 15.0 Å². The van der Waals surface area contributed by atoms with Gasteiger partial charge < -0.3 is 25.3 Å². The van der Waals surface area contributed by atoms with Crippen LogP contribution in [-0.4, -0.2) is 47.7 Å². The number of rotatable bonds is 11. The first kappa shape index (κ1) is 28.4. The van der Waals surface area contributed by atoms with E-state index in [1.807, 2.05) is 6.07 Å². The molecule has 0 saturated carbocycles. The molecule has 7 nitrogen and oxygen atoms in total. The molecule has 10 heteroatoms. The van der Waals surface area contributed by atoms with Gasteiger partial charge in [-0.1, -0.05) is 41.7 Å². The first-order valence-corrected chi connectivity index (χ1v) is 10.8. The van der Waals surface area contributed by atoms with E-state index in [0.717, 1.165) is 29.9 Å². The SMILES string of the molecule is COC[C@H](C)NCc1cccc(CCNC(O)Cc2ccc(O)c3[nH]c(=O)sc23)c1.Cl.Cl. The third-order valence-corrected chi connectivity index (χ3v) is 5.87. The van der Waals surface area contributed by atoms with Crippen LogP contribution in [0, 0.1) is 0 Å². The molecule has 0 amide bonds. The Hall–Kier alpha value is -1.65. The van der Waals surface area contributed by atoms with Gasteiger partial charge in [0.2, 0.25) is 0 Å². The van der Waals surface area contributed by atoms with E-state index >= 15 is 0 Å². The molecule has 5 N–H and O–H groups in total. The number of aliphatic hydroxyl groups is 1. The molecule has 32 heavy (non-hydrogen) atoms. The molecule has 3 rings (SSSR count). The van der Waals surface area contributed by atoms with Gasteiger partial charge in [0.25, 0.3) is 0 Å². The van der Waals surface area contributed by atoms with E-state index < -0.39 is 6.23 Å². The number of aromatic hydroxyl groups is 1. The number of H-pyrrole nitrogens is 1. The Labute approximate surface area is 204 Å². The lowest BCUT2D eigenvalue weighted by atomic mass is 10.1. The Balaban J connectivity index is 0.00000256. The maximum absolute atomic E-state index is 11.6. The van der Waals surface area contributed by atoms with Crippen molar-refractivity contribution in [3.63, 3.8) is 0 Å². The van der Waals surface area contributed by atoms with Crippen molar-refractivity contribution < 1.29 is 14.9 Å². The molecule has 0 aliphatic heterocycles. The highest BCUT2D eigenvalue weighted by atomic mass is 35.5. The van der Waals surface area contributed by atoms with Crippen molar-refractivity contribution in [1.82, 2.24) is 15.6 Å². The number of thiazole rings is 1. The lowest BCUT2D eigenvalue weighted by Crippen LogP contribution is -2.32. The van der Waals surface area contributed by atoms with Gasteiger partial charge in [0, 0.05) is 32.7 Å². The Morgan fingerprint density at radius 3 is 2.66 bits per heavy atom. The standard InChI is InChI=1S/C22H29N3O4S.2ClH/c1-14(13-29-2)24-12-16-5-3-4-15(10-16)8-9-23-19(27)11-17-6-7-18(26)20-21(17)30-22(28)25-20;;/h3-7,10,14,19,23-24,26-27H,8-9,11-13H2,1-2H3,(H,25,28);2*1H/t14-,19?;;/m0../s1. The zero-order chi connectivity index (χ0) is 21.5. The molecule has 0 fully saturated rings. The first-order valence-electron chi connectivity index (χ1n) is 10.0. The summed E-state index contributed by atoms with van der Waals surface area (Å²) in [6, 6.07) is 12.0. The fraction of sp³-hybridized carbons (Fsp3) is 0.409. The molecule has 2 atom stereocenters. The number of fused-ring (bicyclic) bond motifs is 1. The number of ether oxygens (including phenoxy) is 1. The molecule has 0 radical (unpaired) electrons. The molecule has 2 aromatic carbocycles. The van der Waals surface area contributed by atoms with E-state index in [0.29, 0.717) is 35.8 Å². The number of benzene rings is 2. The number of halogens is 2. The fourth-order valence-corrected chi connectivity index (χ4v) is 4.27. The van der Waals surface area contributed by atoms with Crippen LogP contribution in [-0.2, 0) is 24.1 Å². The predicted molar refractivity (Wildman–Crippen MR) is 135 cm³/mol. The summed E-state index contributed by atoms with van der Waals surface area (Å²) >= 11 is 1.04. The van der Waals surface area contributed by atoms with Gasteiger partial charge in [0.15, 0.2) is 0 Å². The summed E-state index contributed by atoms with van der Waals surface area (Å²) in [5.74, 6) is 0.0422. The van der Waals surface area contributed by atoms with Crippen LogP contribution in [0.1, 0.15) is 23.6 Å². The minimum Gasteiger partial charge on any atom is -0.506 e. The van der Waals surface area contributed by atoms with Gasteiger partial charge in [0.1, 0.15) is 17.5 Å². The van der Waals surface area contributed by atoms with Gasteiger partial charge in [0.05, 0.1) is 11.3 Å². The van der Waals surface area contributed by atoms with E-state index in [1.54, 1.807) is 19.2 Å². The smallest absolute Gasteiger partial charge is 0.305 e. The number of phenolic OH excluding ortho intramolecular Hbond substituents is 1. The second kappa shape index (κ2) is 13.8. The highest BCUT2D eigenvalue weighted by Crippen LogP contribution is 2.28. The molecular formula is C22H31Cl2N3O4S. The lowest BCUT2D eigenvalue weighted by Gasteiger charge is -2.15. The van der Waals surface area contributed by atoms with Crippen molar-refractivity contribution in [2.75, 3.05) is 20.3 Å². The van der Waals surface area contributed by atoms with Crippen molar-refractivity contribution in [2.24, 2.45) is 0 Å². The van der Waals surface area contributed by atoms with Gasteiger partial charge >= 0.3 is 4.87 Å². The van der Waals surface area contributed by atoms with Crippen LogP contribution in [0.2, 0.25) is 0 Å². The minimum absolute atomic E-state index is 0. The molecule has 0 spiro atoms. The molecule has 3 aromatic rings. The number of aromatic nitrogens is 1. The number of phenols is 1. The zero-order valence-corrected chi connectivity index (χ0v) is 20.5. The van der Waals surface area contributed by atoms with Gasteiger partial charge in [-0.2, -0.15) is 0 Å². The number of methoxy groups -OCH3 is 1. The number of aromatic amines is 1. The number of hydrogen-bond donors (Lipinski definition) is 5. The molecular weight excluding hydrogens is 473 g/mol. The van der Waals surface area contributed by atoms with E-state index in [-0.39, 0.29) is 35.4 Å². The summed E-state index contributed by atoms with van der Waals surface area (Å²) in [6.45, 7) is 4.18. The lowest BCUT2D eigenvalue weighted by molar-refractivity contribution is 0.138. The van der Waals surface area contributed by atoms with Gasteiger partial charge in [-0.05, 0) is 36.1 Å². The molecule has 178 valence electrons. The van der Waals surface area contributed by atoms with E-state index in [1.165, 1.54) is 11.1 Å². The third-order valence-electron chi connectivity index (χ3n) is 4.91. The topological polar surface area (TPSA) is 107 Å². The predicted octanol–water partition coefficient (Wildman–Crippen LogP) is 2.96. The Kier molecular flexibility index (Phi) is 12.2. The maximum atomic E-state index is 11.6. The summed E-state index contributed by atoms with van der Waals surface area (Å²) in [5, 5.41) is 26.8. The molecule has 0 aliphatic carbocycles. The number of hydrogen-bond acceptors (Lipinski definition) is 7. The van der Waals surface area contributed by atoms with Crippen LogP contribution in [0.25, 0.3) is 10.2 Å². The van der Waals surface area contributed by atoms with Gasteiger partial charge in [-0.25, -0.2) is 0 Å². The minimum atomic E-state index is -0.741. The van der Waals surface area contributed by atoms with Crippen molar-refractivity contribution in [2.45, 2.75) is 38.6 Å². The normalized spacial score (nSPS) is 12.7. The van der Waals surface area contributed by atoms with Crippen LogP contribution in [0.15, 0.2) is 41.2 Å². The molecule has 1 unspecified atom stereocenters. The summed E-state index contributed by atoms with van der Waals surface area (Å²) in [5.41, 5.74) is 3.67. The summed E-state index contributed by atoms with van der Waals surface area (Å²) in [4.78, 5) is 14.0. The second-order valence-electron chi connectivity index (χ2n) is 7.44. The summed E-state index contributed by atoms with van der Waals surface area (Å²) in [6.07, 6.45) is 0.405. The fourth-order valence-electron chi connectivity index (χ4n) is 3.39. The quantitative estimate of drug-likeness (QED) is 0.257. The van der Waals surface area contributed by atoms with Crippen LogP contribution in [0.4, 0.5) is 0 Å². The Morgan fingerprint density at radius 1 is 1.16 bits per heavy atom. The molecule has 0 saturated heterocycles. The maximum Gasteiger partial charge on any atom is 0.305 e. The molecule has 1 aromatic heterocycles. The molecule has 1 heterocycles. The largest absolute Gasteiger partial charge is 0.506 e. The molecule has 0 bridgehead atoms.